The maximum Gasteiger partial charge on any atom is 0.297 e. The van der Waals surface area contributed by atoms with E-state index in [0.717, 1.165) is 43.5 Å². The fraction of sp³-hybridized carbons (Fsp3) is 0.471. The highest BCUT2D eigenvalue weighted by Gasteiger charge is 2.34. The molecule has 7 nitrogen and oxygen atoms in total. The van der Waals surface area contributed by atoms with Gasteiger partial charge in [0.15, 0.2) is 12.0 Å². The molecule has 7 heteroatoms. The minimum Gasteiger partial charge on any atom is -0.350 e. The number of nitrogens with zero attached hydrogens (tertiary/aromatic N) is 3. The second-order valence-corrected chi connectivity index (χ2v) is 6.19. The smallest absolute Gasteiger partial charge is 0.297 e. The zero-order valence-corrected chi connectivity index (χ0v) is 13.4. The number of amides is 1. The predicted octanol–water partition coefficient (Wildman–Crippen LogP) is 2.33. The number of hydrogen-bond donors (Lipinski definition) is 1. The summed E-state index contributed by atoms with van der Waals surface area (Å²) >= 11 is 0. The van der Waals surface area contributed by atoms with E-state index in [1.165, 1.54) is 0 Å². The summed E-state index contributed by atoms with van der Waals surface area (Å²) in [6.07, 6.45) is 4.58. The number of hydrogen-bond acceptors (Lipinski definition) is 5. The molecular formula is C17H20N4O3. The SMILES string of the molecule is O=C(NO[C@H]1CCCCO1)c1nnn(-c2ccccc2)c1C1CC1. The van der Waals surface area contributed by atoms with Gasteiger partial charge in [0.2, 0.25) is 0 Å². The zero-order chi connectivity index (χ0) is 16.4. The average molecular weight is 328 g/mol. The summed E-state index contributed by atoms with van der Waals surface area (Å²) in [6, 6.07) is 9.74. The lowest BCUT2D eigenvalue weighted by atomic mass is 10.2. The van der Waals surface area contributed by atoms with E-state index in [0.29, 0.717) is 18.2 Å². The first-order valence-corrected chi connectivity index (χ1v) is 8.41. The molecule has 2 heterocycles. The van der Waals surface area contributed by atoms with Crippen LogP contribution in [0.2, 0.25) is 0 Å². The van der Waals surface area contributed by atoms with Crippen LogP contribution in [0, 0.1) is 0 Å². The third-order valence-corrected chi connectivity index (χ3v) is 4.31. The Morgan fingerprint density at radius 3 is 2.75 bits per heavy atom. The maximum atomic E-state index is 12.5. The van der Waals surface area contributed by atoms with Crippen LogP contribution >= 0.6 is 0 Å². The van der Waals surface area contributed by atoms with Gasteiger partial charge in [0.1, 0.15) is 0 Å². The molecule has 2 aromatic rings. The van der Waals surface area contributed by atoms with Gasteiger partial charge < -0.3 is 4.74 Å². The number of aromatic nitrogens is 3. The fourth-order valence-corrected chi connectivity index (χ4v) is 2.91. The number of benzene rings is 1. The van der Waals surface area contributed by atoms with Gasteiger partial charge in [0.05, 0.1) is 11.4 Å². The maximum absolute atomic E-state index is 12.5. The summed E-state index contributed by atoms with van der Waals surface area (Å²) in [6.45, 7) is 0.665. The summed E-state index contributed by atoms with van der Waals surface area (Å²) in [5.74, 6) is -0.0415. The summed E-state index contributed by atoms with van der Waals surface area (Å²) < 4.78 is 7.20. The first kappa shape index (κ1) is 15.3. The number of rotatable bonds is 5. The van der Waals surface area contributed by atoms with Crippen molar-refractivity contribution in [1.29, 1.82) is 0 Å². The highest BCUT2D eigenvalue weighted by atomic mass is 16.8. The van der Waals surface area contributed by atoms with E-state index >= 15 is 0 Å². The quantitative estimate of drug-likeness (QED) is 0.852. The van der Waals surface area contributed by atoms with Gasteiger partial charge in [0, 0.05) is 18.9 Å². The normalized spacial score (nSPS) is 20.8. The fourth-order valence-electron chi connectivity index (χ4n) is 2.91. The molecule has 126 valence electrons. The van der Waals surface area contributed by atoms with Crippen LogP contribution in [-0.4, -0.2) is 33.8 Å². The van der Waals surface area contributed by atoms with Crippen molar-refractivity contribution < 1.29 is 14.4 Å². The molecule has 0 bridgehead atoms. The highest BCUT2D eigenvalue weighted by Crippen LogP contribution is 2.41. The summed E-state index contributed by atoms with van der Waals surface area (Å²) in [5.41, 5.74) is 4.57. The lowest BCUT2D eigenvalue weighted by molar-refractivity contribution is -0.186. The van der Waals surface area contributed by atoms with Gasteiger partial charge in [-0.2, -0.15) is 0 Å². The molecule has 1 aliphatic carbocycles. The molecule has 1 aromatic heterocycles. The molecule has 1 aromatic carbocycles. The van der Waals surface area contributed by atoms with Crippen molar-refractivity contribution in [2.75, 3.05) is 6.61 Å². The molecule has 1 atom stereocenters. The van der Waals surface area contributed by atoms with Crippen molar-refractivity contribution in [3.63, 3.8) is 0 Å². The van der Waals surface area contributed by atoms with Gasteiger partial charge in [-0.25, -0.2) is 15.0 Å². The minimum atomic E-state index is -0.378. The monoisotopic (exact) mass is 328 g/mol. The Morgan fingerprint density at radius 1 is 1.21 bits per heavy atom. The molecule has 1 saturated carbocycles. The molecule has 1 N–H and O–H groups in total. The number of nitrogens with one attached hydrogen (secondary N) is 1. The standard InChI is InChI=1S/C17H20N4O3/c22-17(19-24-14-8-4-5-11-23-14)15-16(12-9-10-12)21(20-18-15)13-6-2-1-3-7-13/h1-3,6-7,12,14H,4-5,8-11H2,(H,19,22)/t14-/m0/s1. The Morgan fingerprint density at radius 2 is 2.04 bits per heavy atom. The van der Waals surface area contributed by atoms with Gasteiger partial charge >= 0.3 is 0 Å². The van der Waals surface area contributed by atoms with Crippen LogP contribution in [0.1, 0.15) is 54.2 Å². The van der Waals surface area contributed by atoms with E-state index < -0.39 is 0 Å². The predicted molar refractivity (Wildman–Crippen MR) is 85.5 cm³/mol. The zero-order valence-electron chi connectivity index (χ0n) is 13.4. The van der Waals surface area contributed by atoms with Crippen molar-refractivity contribution in [3.05, 3.63) is 41.7 Å². The van der Waals surface area contributed by atoms with Gasteiger partial charge in [-0.15, -0.1) is 5.10 Å². The number of para-hydroxylation sites is 1. The molecule has 4 rings (SSSR count). The van der Waals surface area contributed by atoms with Crippen LogP contribution in [0.15, 0.2) is 30.3 Å². The molecule has 24 heavy (non-hydrogen) atoms. The van der Waals surface area contributed by atoms with Crippen LogP contribution < -0.4 is 5.48 Å². The van der Waals surface area contributed by atoms with E-state index in [2.05, 4.69) is 15.8 Å². The number of hydroxylamine groups is 1. The lowest BCUT2D eigenvalue weighted by Gasteiger charge is -2.21. The Balaban J connectivity index is 1.52. The first-order chi connectivity index (χ1) is 11.8. The van der Waals surface area contributed by atoms with Crippen LogP contribution in [0.4, 0.5) is 0 Å². The number of carbonyl (C=O) groups is 1. The van der Waals surface area contributed by atoms with Crippen molar-refractivity contribution in [1.82, 2.24) is 20.5 Å². The molecule has 0 spiro atoms. The Kier molecular flexibility index (Phi) is 4.27. The molecule has 1 amide bonds. The second kappa shape index (κ2) is 6.70. The number of ether oxygens (including phenoxy) is 1. The van der Waals surface area contributed by atoms with Crippen molar-refractivity contribution in [3.8, 4) is 5.69 Å². The van der Waals surface area contributed by atoms with Gasteiger partial charge in [0.25, 0.3) is 5.91 Å². The minimum absolute atomic E-state index is 0.326. The van der Waals surface area contributed by atoms with E-state index in [1.54, 1.807) is 4.68 Å². The Bertz CT molecular complexity index is 706. The van der Waals surface area contributed by atoms with Crippen LogP contribution in [0.3, 0.4) is 0 Å². The lowest BCUT2D eigenvalue weighted by Crippen LogP contribution is -2.33. The molecule has 2 aliphatic rings. The van der Waals surface area contributed by atoms with Gasteiger partial charge in [-0.3, -0.25) is 4.79 Å². The van der Waals surface area contributed by atoms with E-state index in [-0.39, 0.29) is 12.2 Å². The third-order valence-electron chi connectivity index (χ3n) is 4.31. The highest BCUT2D eigenvalue weighted by molar-refractivity contribution is 5.93. The summed E-state index contributed by atoms with van der Waals surface area (Å²) in [4.78, 5) is 17.8. The van der Waals surface area contributed by atoms with Crippen LogP contribution in [-0.2, 0) is 9.57 Å². The molecule has 1 saturated heterocycles. The van der Waals surface area contributed by atoms with E-state index in [4.69, 9.17) is 9.57 Å². The topological polar surface area (TPSA) is 78.3 Å². The van der Waals surface area contributed by atoms with E-state index in [1.807, 2.05) is 30.3 Å². The first-order valence-electron chi connectivity index (χ1n) is 8.41. The van der Waals surface area contributed by atoms with Crippen molar-refractivity contribution in [2.24, 2.45) is 0 Å². The molecule has 1 aliphatic heterocycles. The Labute approximate surface area is 139 Å². The van der Waals surface area contributed by atoms with E-state index in [9.17, 15) is 4.79 Å². The van der Waals surface area contributed by atoms with Crippen molar-refractivity contribution >= 4 is 5.91 Å². The molecule has 2 fully saturated rings. The van der Waals surface area contributed by atoms with Crippen molar-refractivity contribution in [2.45, 2.75) is 44.3 Å². The summed E-state index contributed by atoms with van der Waals surface area (Å²) in [5, 5.41) is 8.28. The van der Waals surface area contributed by atoms with Crippen LogP contribution in [0.5, 0.6) is 0 Å². The molecular weight excluding hydrogens is 308 g/mol. The Hall–Kier alpha value is -2.25. The second-order valence-electron chi connectivity index (χ2n) is 6.19. The third kappa shape index (κ3) is 3.18. The molecule has 0 radical (unpaired) electrons. The summed E-state index contributed by atoms with van der Waals surface area (Å²) in [7, 11) is 0. The number of carbonyl (C=O) groups excluding carboxylic acids is 1. The molecule has 0 unspecified atom stereocenters. The van der Waals surface area contributed by atoms with Gasteiger partial charge in [-0.1, -0.05) is 23.4 Å². The van der Waals surface area contributed by atoms with Gasteiger partial charge in [-0.05, 0) is 37.8 Å². The average Bonchev–Trinajstić information content (AvgIpc) is 3.39. The largest absolute Gasteiger partial charge is 0.350 e. The van der Waals surface area contributed by atoms with Crippen LogP contribution in [0.25, 0.3) is 5.69 Å².